The lowest BCUT2D eigenvalue weighted by Crippen LogP contribution is -2.33. The second-order valence-corrected chi connectivity index (χ2v) is 11.2. The maximum atomic E-state index is 5.01. The molecule has 0 fully saturated rings. The van der Waals surface area contributed by atoms with Gasteiger partial charge in [0.15, 0.2) is 0 Å². The molecule has 1 atom stereocenters. The Morgan fingerprint density at radius 1 is 0.591 bits per heavy atom. The normalized spacial score (nSPS) is 15.0. The number of benzene rings is 5. The van der Waals surface area contributed by atoms with Gasteiger partial charge in [-0.2, -0.15) is 0 Å². The van der Waals surface area contributed by atoms with Crippen LogP contribution in [-0.2, 0) is 0 Å². The summed E-state index contributed by atoms with van der Waals surface area (Å²) in [6, 6.07) is 46.8. The van der Waals surface area contributed by atoms with Gasteiger partial charge in [0.25, 0.3) is 0 Å². The lowest BCUT2D eigenvalue weighted by molar-refractivity contribution is 0.762. The van der Waals surface area contributed by atoms with Gasteiger partial charge in [-0.05, 0) is 52.7 Å². The first-order chi connectivity index (χ1) is 21.8. The van der Waals surface area contributed by atoms with Crippen molar-refractivity contribution in [3.63, 3.8) is 0 Å². The van der Waals surface area contributed by atoms with E-state index in [9.17, 15) is 0 Å². The molecule has 1 aliphatic rings. The van der Waals surface area contributed by atoms with Crippen LogP contribution in [0.4, 0.5) is 0 Å². The average Bonchev–Trinajstić information content (AvgIpc) is 3.69. The highest BCUT2D eigenvalue weighted by Crippen LogP contribution is 2.43. The van der Waals surface area contributed by atoms with E-state index in [1.807, 2.05) is 36.7 Å². The van der Waals surface area contributed by atoms with Gasteiger partial charge in [0.05, 0.1) is 34.5 Å². The molecule has 1 aliphatic heterocycles. The molecular formula is C39H27N5. The van der Waals surface area contributed by atoms with Crippen LogP contribution in [0.2, 0.25) is 0 Å². The quantitative estimate of drug-likeness (QED) is 0.232. The molecule has 0 radical (unpaired) electrons. The standard InChI is InChI=1S/C39H27N5/c1-3-12-27(13-4-1)38-34(25-41-39(42-38)28-14-5-2-6-15-28)44-32-19-18-26-11-7-8-16-29(26)36(32)37-30-22-24-43(31(30)20-21-33(37)44)35-17-9-10-23-40-35/h1-25,38H,(H,41,42). The molecule has 3 aromatic heterocycles. The monoisotopic (exact) mass is 565 g/mol. The molecule has 0 saturated heterocycles. The summed E-state index contributed by atoms with van der Waals surface area (Å²) in [5.74, 6) is 1.77. The number of hydrogen-bond acceptors (Lipinski definition) is 3. The Morgan fingerprint density at radius 2 is 1.30 bits per heavy atom. The Balaban J connectivity index is 1.38. The zero-order chi connectivity index (χ0) is 29.0. The van der Waals surface area contributed by atoms with E-state index in [0.717, 1.165) is 39.5 Å². The SMILES string of the molecule is C1=C(n2c3ccc4ccccc4c3c3c4ccn(-c5ccccn5)c4ccc32)C(c2ccccc2)NC(c2ccccc2)=N1. The third-order valence-corrected chi connectivity index (χ3v) is 8.73. The summed E-state index contributed by atoms with van der Waals surface area (Å²) in [7, 11) is 0. The van der Waals surface area contributed by atoms with Gasteiger partial charge >= 0.3 is 0 Å². The highest BCUT2D eigenvalue weighted by molar-refractivity contribution is 6.28. The number of nitrogens with zero attached hydrogens (tertiary/aromatic N) is 4. The molecule has 9 rings (SSSR count). The molecule has 5 heteroatoms. The average molecular weight is 566 g/mol. The van der Waals surface area contributed by atoms with Crippen molar-refractivity contribution in [1.82, 2.24) is 19.4 Å². The van der Waals surface area contributed by atoms with Gasteiger partial charge in [-0.15, -0.1) is 0 Å². The van der Waals surface area contributed by atoms with Crippen LogP contribution in [0.25, 0.3) is 55.0 Å². The van der Waals surface area contributed by atoms with Crippen LogP contribution in [0.5, 0.6) is 0 Å². The van der Waals surface area contributed by atoms with Crippen LogP contribution in [0.1, 0.15) is 17.2 Å². The zero-order valence-electron chi connectivity index (χ0n) is 23.8. The molecule has 1 N–H and O–H groups in total. The topological polar surface area (TPSA) is 47.1 Å². The van der Waals surface area contributed by atoms with E-state index in [1.165, 1.54) is 32.5 Å². The Bertz CT molecular complexity index is 2400. The second kappa shape index (κ2) is 9.82. The molecule has 8 aromatic rings. The van der Waals surface area contributed by atoms with Crippen LogP contribution in [0.3, 0.4) is 0 Å². The van der Waals surface area contributed by atoms with Crippen molar-refractivity contribution in [2.45, 2.75) is 6.04 Å². The fourth-order valence-corrected chi connectivity index (χ4v) is 6.76. The Labute approximate surface area is 254 Å². The third-order valence-electron chi connectivity index (χ3n) is 8.73. The van der Waals surface area contributed by atoms with Crippen molar-refractivity contribution in [2.24, 2.45) is 4.99 Å². The molecule has 0 aliphatic carbocycles. The molecule has 44 heavy (non-hydrogen) atoms. The van der Waals surface area contributed by atoms with Gasteiger partial charge < -0.3 is 14.5 Å². The number of pyridine rings is 1. The van der Waals surface area contributed by atoms with Gasteiger partial charge in [0.1, 0.15) is 11.7 Å². The lowest BCUT2D eigenvalue weighted by atomic mass is 10.0. The van der Waals surface area contributed by atoms with Crippen molar-refractivity contribution in [2.75, 3.05) is 0 Å². The number of fused-ring (bicyclic) bond motifs is 7. The molecule has 0 spiro atoms. The third kappa shape index (κ3) is 3.73. The Hall–Kier alpha value is -5.94. The van der Waals surface area contributed by atoms with Crippen molar-refractivity contribution < 1.29 is 0 Å². The van der Waals surface area contributed by atoms with Gasteiger partial charge in [0.2, 0.25) is 0 Å². The van der Waals surface area contributed by atoms with E-state index in [-0.39, 0.29) is 6.04 Å². The molecule has 4 heterocycles. The molecule has 0 amide bonds. The minimum absolute atomic E-state index is 0.108. The Kier molecular flexibility index (Phi) is 5.50. The lowest BCUT2D eigenvalue weighted by Gasteiger charge is -2.28. The molecule has 0 saturated carbocycles. The number of amidine groups is 1. The zero-order valence-corrected chi connectivity index (χ0v) is 23.8. The number of aliphatic imine (C=N–C) groups is 1. The van der Waals surface area contributed by atoms with Crippen molar-refractivity contribution in [1.29, 1.82) is 0 Å². The van der Waals surface area contributed by atoms with E-state index in [1.54, 1.807) is 0 Å². The molecule has 5 nitrogen and oxygen atoms in total. The summed E-state index contributed by atoms with van der Waals surface area (Å²) in [6.45, 7) is 0. The predicted octanol–water partition coefficient (Wildman–Crippen LogP) is 8.88. The Morgan fingerprint density at radius 3 is 2.11 bits per heavy atom. The molecule has 0 bridgehead atoms. The van der Waals surface area contributed by atoms with E-state index >= 15 is 0 Å². The number of nitrogens with one attached hydrogen (secondary N) is 1. The second-order valence-electron chi connectivity index (χ2n) is 11.2. The summed E-state index contributed by atoms with van der Waals surface area (Å²) in [5.41, 5.74) is 6.76. The molecular weight excluding hydrogens is 538 g/mol. The van der Waals surface area contributed by atoms with Crippen LogP contribution in [0, 0.1) is 0 Å². The number of rotatable bonds is 4. The predicted molar refractivity (Wildman–Crippen MR) is 181 cm³/mol. The summed E-state index contributed by atoms with van der Waals surface area (Å²) >= 11 is 0. The van der Waals surface area contributed by atoms with E-state index < -0.39 is 0 Å². The first-order valence-corrected chi connectivity index (χ1v) is 14.9. The minimum atomic E-state index is -0.108. The molecule has 208 valence electrons. The van der Waals surface area contributed by atoms with Crippen LogP contribution in [0.15, 0.2) is 157 Å². The van der Waals surface area contributed by atoms with Gasteiger partial charge in [-0.25, -0.2) is 9.98 Å². The highest BCUT2D eigenvalue weighted by atomic mass is 15.1. The highest BCUT2D eigenvalue weighted by Gasteiger charge is 2.28. The van der Waals surface area contributed by atoms with Crippen LogP contribution >= 0.6 is 0 Å². The summed E-state index contributed by atoms with van der Waals surface area (Å²) in [5, 5.41) is 9.93. The first-order valence-electron chi connectivity index (χ1n) is 14.9. The van der Waals surface area contributed by atoms with Crippen molar-refractivity contribution >= 4 is 55.0 Å². The maximum absolute atomic E-state index is 5.01. The number of hydrogen-bond donors (Lipinski definition) is 1. The van der Waals surface area contributed by atoms with Gasteiger partial charge in [-0.3, -0.25) is 0 Å². The van der Waals surface area contributed by atoms with Crippen LogP contribution in [-0.4, -0.2) is 20.0 Å². The summed E-state index contributed by atoms with van der Waals surface area (Å²) < 4.78 is 4.58. The molecule has 5 aromatic carbocycles. The maximum Gasteiger partial charge on any atom is 0.137 e. The largest absolute Gasteiger partial charge is 0.357 e. The van der Waals surface area contributed by atoms with Crippen LogP contribution < -0.4 is 5.32 Å². The number of aromatic nitrogens is 3. The smallest absolute Gasteiger partial charge is 0.137 e. The first kappa shape index (κ1) is 24.6. The van der Waals surface area contributed by atoms with Crippen molar-refractivity contribution in [3.05, 3.63) is 163 Å². The van der Waals surface area contributed by atoms with E-state index in [2.05, 4.69) is 135 Å². The summed E-state index contributed by atoms with van der Waals surface area (Å²) in [4.78, 5) is 9.65. The van der Waals surface area contributed by atoms with E-state index in [0.29, 0.717) is 0 Å². The summed E-state index contributed by atoms with van der Waals surface area (Å²) in [6.07, 6.45) is 6.02. The fraction of sp³-hybridized carbons (Fsp3) is 0.0256. The van der Waals surface area contributed by atoms with Crippen molar-refractivity contribution in [3.8, 4) is 5.82 Å². The minimum Gasteiger partial charge on any atom is -0.357 e. The fourth-order valence-electron chi connectivity index (χ4n) is 6.76. The van der Waals surface area contributed by atoms with Gasteiger partial charge in [0, 0.05) is 34.1 Å². The van der Waals surface area contributed by atoms with E-state index in [4.69, 9.17) is 4.99 Å². The molecule has 1 unspecified atom stereocenters. The van der Waals surface area contributed by atoms with Gasteiger partial charge in [-0.1, -0.05) is 97.1 Å².